The van der Waals surface area contributed by atoms with E-state index in [9.17, 15) is 10.2 Å². The molecule has 2 rings (SSSR count). The molecule has 0 aliphatic heterocycles. The van der Waals surface area contributed by atoms with Crippen LogP contribution < -0.4 is 0 Å². The van der Waals surface area contributed by atoms with Crippen molar-refractivity contribution in [3.05, 3.63) is 48.5 Å². The molecule has 0 unspecified atom stereocenters. The van der Waals surface area contributed by atoms with Crippen LogP contribution in [0.15, 0.2) is 58.8 Å². The summed E-state index contributed by atoms with van der Waals surface area (Å²) in [6, 6.07) is 13.2. The van der Waals surface area contributed by atoms with Crippen LogP contribution in [0.2, 0.25) is 0 Å². The van der Waals surface area contributed by atoms with Gasteiger partial charge in [-0.1, -0.05) is 24.3 Å². The fourth-order valence-electron chi connectivity index (χ4n) is 1.21. The maximum Gasteiger partial charge on any atom is 0.143 e. The molecule has 5 heteroatoms. The molecule has 2 N–H and O–H groups in total. The first kappa shape index (κ1) is 13.3. The second-order valence-electron chi connectivity index (χ2n) is 3.18. The van der Waals surface area contributed by atoms with E-state index >= 15 is 0 Å². The van der Waals surface area contributed by atoms with Gasteiger partial charge in [-0.05, 0) is 24.3 Å². The Labute approximate surface area is 112 Å². The summed E-state index contributed by atoms with van der Waals surface area (Å²) in [7, 11) is 0. The SMILES string of the molecule is Oc1ccccc1N=Nc1ccccc1O.[Ga]. The van der Waals surface area contributed by atoms with Gasteiger partial charge < -0.3 is 10.2 Å². The molecule has 0 amide bonds. The normalized spacial score (nSPS) is 10.1. The number of benzene rings is 2. The second kappa shape index (κ2) is 6.12. The minimum atomic E-state index is 0. The van der Waals surface area contributed by atoms with Crippen LogP contribution in [0.25, 0.3) is 0 Å². The quantitative estimate of drug-likeness (QED) is 0.657. The Bertz CT molecular complexity index is 482. The first-order valence-electron chi connectivity index (χ1n) is 4.75. The third-order valence-electron chi connectivity index (χ3n) is 2.03. The van der Waals surface area contributed by atoms with Gasteiger partial charge in [-0.15, -0.1) is 10.2 Å². The van der Waals surface area contributed by atoms with E-state index in [1.54, 1.807) is 36.4 Å². The van der Waals surface area contributed by atoms with Crippen molar-refractivity contribution >= 4 is 31.2 Å². The number of hydrogen-bond acceptors (Lipinski definition) is 4. The van der Waals surface area contributed by atoms with Crippen molar-refractivity contribution in [1.82, 2.24) is 0 Å². The van der Waals surface area contributed by atoms with E-state index in [1.807, 2.05) is 0 Å². The molecule has 17 heavy (non-hydrogen) atoms. The summed E-state index contributed by atoms with van der Waals surface area (Å²) in [4.78, 5) is 0. The zero-order valence-corrected chi connectivity index (χ0v) is 11.4. The third kappa shape index (κ3) is 3.37. The van der Waals surface area contributed by atoms with Gasteiger partial charge in [-0.2, -0.15) is 0 Å². The van der Waals surface area contributed by atoms with Gasteiger partial charge in [0, 0.05) is 19.8 Å². The van der Waals surface area contributed by atoms with E-state index in [4.69, 9.17) is 0 Å². The van der Waals surface area contributed by atoms with Gasteiger partial charge in [0.25, 0.3) is 0 Å². The summed E-state index contributed by atoms with van der Waals surface area (Å²) in [5.74, 6) is 0.114. The number of phenolic OH excluding ortho intramolecular Hbond substituents is 2. The molecule has 0 aromatic heterocycles. The number of rotatable bonds is 2. The topological polar surface area (TPSA) is 65.2 Å². The Morgan fingerprint density at radius 2 is 1.00 bits per heavy atom. The third-order valence-corrected chi connectivity index (χ3v) is 2.03. The Hall–Kier alpha value is -1.72. The molecule has 0 aliphatic rings. The standard InChI is InChI=1S/C12H10N2O2.Ga/c15-11-7-3-1-5-9(11)13-14-10-6-2-4-8-12(10)16;/h1-8,15-16H;. The van der Waals surface area contributed by atoms with E-state index in [-0.39, 0.29) is 31.3 Å². The Morgan fingerprint density at radius 3 is 1.35 bits per heavy atom. The molecular weight excluding hydrogens is 274 g/mol. The molecule has 0 spiro atoms. The first-order chi connectivity index (χ1) is 7.77. The van der Waals surface area contributed by atoms with Gasteiger partial charge in [-0.3, -0.25) is 0 Å². The van der Waals surface area contributed by atoms with Crippen LogP contribution in [-0.2, 0) is 0 Å². The van der Waals surface area contributed by atoms with Gasteiger partial charge in [0.05, 0.1) is 0 Å². The average molecular weight is 284 g/mol. The summed E-state index contributed by atoms with van der Waals surface area (Å²) >= 11 is 0. The van der Waals surface area contributed by atoms with Crippen molar-refractivity contribution in [3.8, 4) is 11.5 Å². The molecule has 83 valence electrons. The summed E-state index contributed by atoms with van der Waals surface area (Å²) in [5, 5.41) is 26.6. The number of nitrogens with zero attached hydrogens (tertiary/aromatic N) is 2. The Balaban J connectivity index is 0.00000144. The largest absolute Gasteiger partial charge is 0.506 e. The van der Waals surface area contributed by atoms with Crippen LogP contribution in [0, 0.1) is 0 Å². The number of hydrogen-bond donors (Lipinski definition) is 2. The maximum absolute atomic E-state index is 9.44. The predicted octanol–water partition coefficient (Wildman–Crippen LogP) is 3.13. The molecule has 4 nitrogen and oxygen atoms in total. The zero-order valence-electron chi connectivity index (χ0n) is 8.99. The number of azo groups is 1. The zero-order chi connectivity index (χ0) is 11.4. The molecule has 3 radical (unpaired) electrons. The Morgan fingerprint density at radius 1 is 0.647 bits per heavy atom. The smallest absolute Gasteiger partial charge is 0.143 e. The summed E-state index contributed by atoms with van der Waals surface area (Å²) in [5.41, 5.74) is 0.733. The predicted molar refractivity (Wildman–Crippen MR) is 66.1 cm³/mol. The second-order valence-corrected chi connectivity index (χ2v) is 3.18. The van der Waals surface area contributed by atoms with Crippen molar-refractivity contribution in [1.29, 1.82) is 0 Å². The van der Waals surface area contributed by atoms with Gasteiger partial charge in [0.2, 0.25) is 0 Å². The van der Waals surface area contributed by atoms with Gasteiger partial charge in [0.1, 0.15) is 22.9 Å². The average Bonchev–Trinajstić information content (AvgIpc) is 2.30. The van der Waals surface area contributed by atoms with Crippen LogP contribution in [0.1, 0.15) is 0 Å². The first-order valence-corrected chi connectivity index (χ1v) is 4.75. The van der Waals surface area contributed by atoms with E-state index in [0.717, 1.165) is 0 Å². The van der Waals surface area contributed by atoms with Crippen LogP contribution in [0.5, 0.6) is 11.5 Å². The van der Waals surface area contributed by atoms with E-state index in [1.165, 1.54) is 12.1 Å². The number of aromatic hydroxyl groups is 2. The van der Waals surface area contributed by atoms with Crippen LogP contribution in [0.4, 0.5) is 11.4 Å². The monoisotopic (exact) mass is 283 g/mol. The molecular formula is C12H10GaN2O2. The van der Waals surface area contributed by atoms with Crippen LogP contribution in [-0.4, -0.2) is 30.0 Å². The molecule has 0 saturated carbocycles. The molecule has 2 aromatic carbocycles. The van der Waals surface area contributed by atoms with Crippen molar-refractivity contribution in [2.75, 3.05) is 0 Å². The summed E-state index contributed by atoms with van der Waals surface area (Å²) in [6.45, 7) is 0. The fraction of sp³-hybridized carbons (Fsp3) is 0. The molecule has 0 fully saturated rings. The van der Waals surface area contributed by atoms with E-state index < -0.39 is 0 Å². The minimum absolute atomic E-state index is 0. The molecule has 0 aliphatic carbocycles. The van der Waals surface area contributed by atoms with Crippen LogP contribution in [0.3, 0.4) is 0 Å². The molecule has 2 aromatic rings. The maximum atomic E-state index is 9.44. The molecule has 0 saturated heterocycles. The number of para-hydroxylation sites is 2. The van der Waals surface area contributed by atoms with Gasteiger partial charge >= 0.3 is 0 Å². The minimum Gasteiger partial charge on any atom is -0.506 e. The summed E-state index contributed by atoms with van der Waals surface area (Å²) < 4.78 is 0. The van der Waals surface area contributed by atoms with Gasteiger partial charge in [0.15, 0.2) is 0 Å². The van der Waals surface area contributed by atoms with Crippen molar-refractivity contribution in [2.24, 2.45) is 10.2 Å². The number of phenols is 2. The van der Waals surface area contributed by atoms with Crippen molar-refractivity contribution in [2.45, 2.75) is 0 Å². The van der Waals surface area contributed by atoms with Crippen LogP contribution >= 0.6 is 0 Å². The van der Waals surface area contributed by atoms with Crippen molar-refractivity contribution in [3.63, 3.8) is 0 Å². The van der Waals surface area contributed by atoms with Gasteiger partial charge in [-0.25, -0.2) is 0 Å². The fourth-order valence-corrected chi connectivity index (χ4v) is 1.21. The van der Waals surface area contributed by atoms with Crippen molar-refractivity contribution < 1.29 is 10.2 Å². The van der Waals surface area contributed by atoms with E-state index in [2.05, 4.69) is 10.2 Å². The van der Waals surface area contributed by atoms with E-state index in [0.29, 0.717) is 11.4 Å². The molecule has 0 heterocycles. The molecule has 0 bridgehead atoms. The molecule has 0 atom stereocenters. The summed E-state index contributed by atoms with van der Waals surface area (Å²) in [6.07, 6.45) is 0. The Kier molecular flexibility index (Phi) is 4.80.